The first-order valence-electron chi connectivity index (χ1n) is 7.89. The largest absolute Gasteiger partial charge is 0.321 e. The van der Waals surface area contributed by atoms with Crippen LogP contribution in [0.4, 0.5) is 5.69 Å². The number of carbonyl (C=O) groups is 1. The van der Waals surface area contributed by atoms with Crippen molar-refractivity contribution in [1.82, 2.24) is 14.8 Å². The normalized spacial score (nSPS) is 10.6. The summed E-state index contributed by atoms with van der Waals surface area (Å²) in [4.78, 5) is 24.3. The van der Waals surface area contributed by atoms with Gasteiger partial charge in [0.15, 0.2) is 0 Å². The molecule has 0 saturated carbocycles. The summed E-state index contributed by atoms with van der Waals surface area (Å²) in [5.41, 5.74) is 3.53. The topological polar surface area (TPSA) is 76.9 Å². The molecule has 0 aromatic carbocycles. The number of rotatable bonds is 5. The van der Waals surface area contributed by atoms with E-state index in [0.717, 1.165) is 22.5 Å². The minimum absolute atomic E-state index is 0.163. The molecule has 6 nitrogen and oxygen atoms in total. The molecule has 2 aromatic rings. The predicted octanol–water partition coefficient (Wildman–Crippen LogP) is 2.41. The zero-order valence-corrected chi connectivity index (χ0v) is 14.0. The molecular formula is C17H22N4O2. The van der Waals surface area contributed by atoms with Crippen LogP contribution in [0.15, 0.2) is 23.1 Å². The third-order valence-corrected chi connectivity index (χ3v) is 3.81. The van der Waals surface area contributed by atoms with Crippen LogP contribution in [0.3, 0.4) is 0 Å². The first-order valence-corrected chi connectivity index (χ1v) is 7.89. The second-order valence-corrected chi connectivity index (χ2v) is 5.22. The van der Waals surface area contributed by atoms with Crippen LogP contribution >= 0.6 is 0 Å². The van der Waals surface area contributed by atoms with Crippen molar-refractivity contribution in [1.29, 1.82) is 0 Å². The van der Waals surface area contributed by atoms with E-state index in [4.69, 9.17) is 0 Å². The molecule has 6 heteroatoms. The van der Waals surface area contributed by atoms with Gasteiger partial charge in [0.25, 0.3) is 5.56 Å². The van der Waals surface area contributed by atoms with Gasteiger partial charge in [0, 0.05) is 30.9 Å². The number of anilines is 1. The summed E-state index contributed by atoms with van der Waals surface area (Å²) in [6.07, 6.45) is 2.93. The van der Waals surface area contributed by atoms with E-state index in [2.05, 4.69) is 15.5 Å². The minimum atomic E-state index is -0.256. The Morgan fingerprint density at radius 3 is 2.48 bits per heavy atom. The number of aromatic nitrogens is 3. The van der Waals surface area contributed by atoms with Crippen LogP contribution in [-0.2, 0) is 24.2 Å². The second kappa shape index (κ2) is 7.17. The maximum atomic E-state index is 12.8. The number of nitrogens with zero attached hydrogens (tertiary/aromatic N) is 3. The molecule has 0 atom stereocenters. The highest BCUT2D eigenvalue weighted by molar-refractivity contribution is 5.91. The number of pyridine rings is 1. The van der Waals surface area contributed by atoms with Crippen LogP contribution in [0.5, 0.6) is 0 Å². The fourth-order valence-electron chi connectivity index (χ4n) is 2.92. The van der Waals surface area contributed by atoms with Gasteiger partial charge in [-0.25, -0.2) is 0 Å². The van der Waals surface area contributed by atoms with Crippen molar-refractivity contribution in [3.8, 4) is 11.3 Å². The Kier molecular flexibility index (Phi) is 5.26. The Bertz CT molecular complexity index is 766. The van der Waals surface area contributed by atoms with Crippen molar-refractivity contribution in [2.45, 2.75) is 47.1 Å². The van der Waals surface area contributed by atoms with Crippen molar-refractivity contribution in [2.24, 2.45) is 0 Å². The molecule has 0 aliphatic heterocycles. The fraction of sp³-hybridized carbons (Fsp3) is 0.412. The number of hydrogen-bond acceptors (Lipinski definition) is 4. The SMILES string of the molecule is CCc1c(-c2cccnn2)c(CC)n(CC)c(=O)c1NC(C)=O. The summed E-state index contributed by atoms with van der Waals surface area (Å²) in [6, 6.07) is 3.70. The Labute approximate surface area is 135 Å². The maximum absolute atomic E-state index is 12.8. The monoisotopic (exact) mass is 314 g/mol. The van der Waals surface area contributed by atoms with E-state index in [1.807, 2.05) is 32.9 Å². The Morgan fingerprint density at radius 1 is 1.26 bits per heavy atom. The van der Waals surface area contributed by atoms with Gasteiger partial charge < -0.3 is 9.88 Å². The van der Waals surface area contributed by atoms with E-state index in [9.17, 15) is 9.59 Å². The predicted molar refractivity (Wildman–Crippen MR) is 90.5 cm³/mol. The number of nitrogens with one attached hydrogen (secondary N) is 1. The fourth-order valence-corrected chi connectivity index (χ4v) is 2.92. The molecule has 0 spiro atoms. The zero-order chi connectivity index (χ0) is 17.0. The molecule has 0 radical (unpaired) electrons. The molecular weight excluding hydrogens is 292 g/mol. The molecule has 2 aromatic heterocycles. The van der Waals surface area contributed by atoms with E-state index in [-0.39, 0.29) is 11.5 Å². The lowest BCUT2D eigenvalue weighted by molar-refractivity contribution is -0.114. The van der Waals surface area contributed by atoms with E-state index >= 15 is 0 Å². The molecule has 0 aliphatic carbocycles. The van der Waals surface area contributed by atoms with Crippen molar-refractivity contribution >= 4 is 11.6 Å². The molecule has 0 aliphatic rings. The Morgan fingerprint density at radius 2 is 2.00 bits per heavy atom. The van der Waals surface area contributed by atoms with Crippen molar-refractivity contribution in [2.75, 3.05) is 5.32 Å². The van der Waals surface area contributed by atoms with Crippen LogP contribution in [0, 0.1) is 0 Å². The summed E-state index contributed by atoms with van der Waals surface area (Å²) < 4.78 is 1.70. The van der Waals surface area contributed by atoms with Crippen molar-refractivity contribution < 1.29 is 4.79 Å². The second-order valence-electron chi connectivity index (χ2n) is 5.22. The summed E-state index contributed by atoms with van der Waals surface area (Å²) >= 11 is 0. The van der Waals surface area contributed by atoms with Crippen LogP contribution in [0.2, 0.25) is 0 Å². The standard InChI is InChI=1S/C17H22N4O2/c1-5-12-15(13-9-8-10-18-20-13)14(6-2)21(7-3)17(23)16(12)19-11(4)22/h8-10H,5-7H2,1-4H3,(H,19,22). The Hall–Kier alpha value is -2.50. The van der Waals surface area contributed by atoms with E-state index in [1.165, 1.54) is 6.92 Å². The van der Waals surface area contributed by atoms with Crippen LogP contribution in [0.1, 0.15) is 39.0 Å². The van der Waals surface area contributed by atoms with E-state index in [1.54, 1.807) is 10.8 Å². The van der Waals surface area contributed by atoms with Crippen molar-refractivity contribution in [3.05, 3.63) is 39.9 Å². The molecule has 122 valence electrons. The molecule has 1 N–H and O–H groups in total. The first-order chi connectivity index (χ1) is 11.0. The highest BCUT2D eigenvalue weighted by Crippen LogP contribution is 2.30. The lowest BCUT2D eigenvalue weighted by atomic mass is 9.97. The van der Waals surface area contributed by atoms with Gasteiger partial charge in [0.2, 0.25) is 5.91 Å². The average Bonchev–Trinajstić information content (AvgIpc) is 2.56. The summed E-state index contributed by atoms with van der Waals surface area (Å²) in [7, 11) is 0. The molecule has 2 heterocycles. The zero-order valence-electron chi connectivity index (χ0n) is 14.0. The van der Waals surface area contributed by atoms with Gasteiger partial charge in [-0.1, -0.05) is 13.8 Å². The number of amides is 1. The smallest absolute Gasteiger partial charge is 0.274 e. The van der Waals surface area contributed by atoms with E-state index < -0.39 is 0 Å². The minimum Gasteiger partial charge on any atom is -0.321 e. The van der Waals surface area contributed by atoms with Gasteiger partial charge in [-0.2, -0.15) is 10.2 Å². The first kappa shape index (κ1) is 16.9. The van der Waals surface area contributed by atoms with Gasteiger partial charge in [-0.15, -0.1) is 0 Å². The van der Waals surface area contributed by atoms with Gasteiger partial charge in [0.05, 0.1) is 5.69 Å². The Balaban J connectivity index is 2.92. The highest BCUT2D eigenvalue weighted by Gasteiger charge is 2.21. The summed E-state index contributed by atoms with van der Waals surface area (Å²) in [6.45, 7) is 7.84. The molecule has 0 fully saturated rings. The molecule has 0 saturated heterocycles. The molecule has 1 amide bonds. The van der Waals surface area contributed by atoms with Gasteiger partial charge >= 0.3 is 0 Å². The van der Waals surface area contributed by atoms with Crippen LogP contribution in [-0.4, -0.2) is 20.7 Å². The van der Waals surface area contributed by atoms with E-state index in [0.29, 0.717) is 25.1 Å². The number of hydrogen-bond donors (Lipinski definition) is 1. The lowest BCUT2D eigenvalue weighted by Crippen LogP contribution is -2.30. The summed E-state index contributed by atoms with van der Waals surface area (Å²) in [5, 5.41) is 10.9. The van der Waals surface area contributed by atoms with Crippen LogP contribution < -0.4 is 10.9 Å². The summed E-state index contributed by atoms with van der Waals surface area (Å²) in [5.74, 6) is -0.256. The quantitative estimate of drug-likeness (QED) is 0.919. The molecule has 0 bridgehead atoms. The van der Waals surface area contributed by atoms with Crippen molar-refractivity contribution in [3.63, 3.8) is 0 Å². The third kappa shape index (κ3) is 3.16. The van der Waals surface area contributed by atoms with Gasteiger partial charge in [-0.3, -0.25) is 9.59 Å². The molecule has 23 heavy (non-hydrogen) atoms. The third-order valence-electron chi connectivity index (χ3n) is 3.81. The molecule has 0 unspecified atom stereocenters. The van der Waals surface area contributed by atoms with Gasteiger partial charge in [-0.05, 0) is 37.5 Å². The lowest BCUT2D eigenvalue weighted by Gasteiger charge is -2.21. The van der Waals surface area contributed by atoms with Crippen LogP contribution in [0.25, 0.3) is 11.3 Å². The maximum Gasteiger partial charge on any atom is 0.274 e. The highest BCUT2D eigenvalue weighted by atomic mass is 16.2. The number of carbonyl (C=O) groups excluding carboxylic acids is 1. The average molecular weight is 314 g/mol. The molecule has 2 rings (SSSR count). The van der Waals surface area contributed by atoms with Gasteiger partial charge in [0.1, 0.15) is 5.69 Å².